The molecule has 41 heavy (non-hydrogen) atoms. The van der Waals surface area contributed by atoms with Gasteiger partial charge in [-0.15, -0.1) is 6.58 Å². The zero-order valence-electron chi connectivity index (χ0n) is 25.2. The number of benzene rings is 1. The number of anilines is 3. The molecular weight excluding hydrogens is 512 g/mol. The highest BCUT2D eigenvalue weighted by atomic mass is 16.1. The van der Waals surface area contributed by atoms with Crippen LogP contribution in [0.15, 0.2) is 70.8 Å². The topological polar surface area (TPSA) is 115 Å². The molecule has 0 saturated carbocycles. The van der Waals surface area contributed by atoms with Crippen LogP contribution in [0.25, 0.3) is 0 Å². The van der Waals surface area contributed by atoms with Gasteiger partial charge in [0.2, 0.25) is 0 Å². The van der Waals surface area contributed by atoms with Gasteiger partial charge in [-0.25, -0.2) is 9.98 Å². The van der Waals surface area contributed by atoms with Crippen molar-refractivity contribution in [1.82, 2.24) is 15.6 Å². The van der Waals surface area contributed by atoms with Gasteiger partial charge in [0.05, 0.1) is 5.57 Å². The third-order valence-electron chi connectivity index (χ3n) is 6.62. The average molecular weight is 561 g/mol. The maximum atomic E-state index is 12.9. The van der Waals surface area contributed by atoms with Gasteiger partial charge in [0.1, 0.15) is 18.3 Å². The normalized spacial score (nSPS) is 14.3. The summed E-state index contributed by atoms with van der Waals surface area (Å²) < 4.78 is 0. The molecule has 1 atom stereocenters. The highest BCUT2D eigenvalue weighted by Gasteiger charge is 2.23. The summed E-state index contributed by atoms with van der Waals surface area (Å²) in [5, 5.41) is 16.0. The van der Waals surface area contributed by atoms with Crippen molar-refractivity contribution in [3.8, 4) is 0 Å². The number of fused-ring (bicyclic) bond motifs is 1. The van der Waals surface area contributed by atoms with Gasteiger partial charge in [0.25, 0.3) is 5.91 Å². The van der Waals surface area contributed by atoms with Crippen molar-refractivity contribution in [2.45, 2.75) is 58.8 Å². The Morgan fingerprint density at radius 3 is 2.44 bits per heavy atom. The molecule has 0 saturated heterocycles. The lowest BCUT2D eigenvalue weighted by Gasteiger charge is -2.15. The first-order valence-corrected chi connectivity index (χ1v) is 14.7. The van der Waals surface area contributed by atoms with Crippen LogP contribution >= 0.6 is 0 Å². The van der Waals surface area contributed by atoms with Crippen LogP contribution in [-0.4, -0.2) is 56.8 Å². The minimum atomic E-state index is -0.328. The lowest BCUT2D eigenvalue weighted by Crippen LogP contribution is -2.32. The number of hydrogen-bond donors (Lipinski definition) is 5. The van der Waals surface area contributed by atoms with Gasteiger partial charge in [0.15, 0.2) is 0 Å². The molecule has 1 amide bonds. The Morgan fingerprint density at radius 1 is 1.07 bits per heavy atom. The SMILES string of the molecule is C=CCNC(=O)C(=C/N=C)/C(=N\CNc1ccc(NCCCCNC)cc1)Nc1ccc2c(n1)C(CC)CC2.CC. The summed E-state index contributed by atoms with van der Waals surface area (Å²) in [4.78, 5) is 26.4. The first kappa shape index (κ1) is 33.2. The molecule has 1 aromatic heterocycles. The predicted molar refractivity (Wildman–Crippen MR) is 175 cm³/mol. The number of unbranched alkanes of at least 4 members (excludes halogenated alkanes) is 1. The fourth-order valence-corrected chi connectivity index (χ4v) is 4.47. The van der Waals surface area contributed by atoms with Gasteiger partial charge >= 0.3 is 0 Å². The predicted octanol–water partition coefficient (Wildman–Crippen LogP) is 5.73. The molecule has 222 valence electrons. The Labute approximate surface area is 246 Å². The number of aryl methyl sites for hydroxylation is 1. The highest BCUT2D eigenvalue weighted by Crippen LogP contribution is 2.34. The molecule has 1 aliphatic rings. The first-order valence-electron chi connectivity index (χ1n) is 14.7. The van der Waals surface area contributed by atoms with E-state index < -0.39 is 0 Å². The van der Waals surface area contributed by atoms with E-state index in [1.807, 2.05) is 51.2 Å². The second-order valence-corrected chi connectivity index (χ2v) is 9.39. The second kappa shape index (κ2) is 19.2. The smallest absolute Gasteiger partial charge is 0.256 e. The number of carbonyl (C=O) groups excluding carboxylic acids is 1. The maximum absolute atomic E-state index is 12.9. The summed E-state index contributed by atoms with van der Waals surface area (Å²) in [6.45, 7) is 15.9. The third-order valence-corrected chi connectivity index (χ3v) is 6.62. The molecular formula is C32H48N8O. The van der Waals surface area contributed by atoms with Crippen LogP contribution in [0.2, 0.25) is 0 Å². The minimum absolute atomic E-state index is 0.241. The largest absolute Gasteiger partial charge is 0.385 e. The van der Waals surface area contributed by atoms with E-state index in [9.17, 15) is 4.79 Å². The van der Waals surface area contributed by atoms with Crippen LogP contribution in [0.5, 0.6) is 0 Å². The Kier molecular flexibility index (Phi) is 15.5. The monoisotopic (exact) mass is 560 g/mol. The van der Waals surface area contributed by atoms with E-state index >= 15 is 0 Å². The van der Waals surface area contributed by atoms with Crippen LogP contribution in [-0.2, 0) is 11.2 Å². The van der Waals surface area contributed by atoms with E-state index in [2.05, 4.69) is 62.9 Å². The number of amides is 1. The molecule has 0 radical (unpaired) electrons. The number of rotatable bonds is 16. The number of carbonyl (C=O) groups is 1. The zero-order chi connectivity index (χ0) is 29.9. The average Bonchev–Trinajstić information content (AvgIpc) is 3.42. The lowest BCUT2D eigenvalue weighted by atomic mass is 10.0. The van der Waals surface area contributed by atoms with Gasteiger partial charge in [-0.2, -0.15) is 0 Å². The van der Waals surface area contributed by atoms with Crippen LogP contribution in [0, 0.1) is 0 Å². The summed E-state index contributed by atoms with van der Waals surface area (Å²) in [5.41, 5.74) is 4.67. The quantitative estimate of drug-likeness (QED) is 0.0589. The van der Waals surface area contributed by atoms with Crippen molar-refractivity contribution in [2.75, 3.05) is 49.3 Å². The van der Waals surface area contributed by atoms with Gasteiger partial charge in [0, 0.05) is 42.3 Å². The molecule has 5 N–H and O–H groups in total. The fraction of sp³-hybridized carbons (Fsp3) is 0.438. The Balaban J connectivity index is 0.00000287. The maximum Gasteiger partial charge on any atom is 0.256 e. The molecule has 1 aromatic carbocycles. The number of nitrogens with one attached hydrogen (secondary N) is 5. The van der Waals surface area contributed by atoms with Crippen molar-refractivity contribution < 1.29 is 4.79 Å². The summed E-state index contributed by atoms with van der Waals surface area (Å²) in [6, 6.07) is 12.1. The molecule has 0 bridgehead atoms. The Hall–Kier alpha value is -3.98. The lowest BCUT2D eigenvalue weighted by molar-refractivity contribution is -0.116. The van der Waals surface area contributed by atoms with E-state index in [0.29, 0.717) is 24.1 Å². The zero-order valence-corrected chi connectivity index (χ0v) is 25.2. The molecule has 2 aromatic rings. The van der Waals surface area contributed by atoms with Gasteiger partial charge in [-0.05, 0) is 88.3 Å². The molecule has 0 aliphatic heterocycles. The minimum Gasteiger partial charge on any atom is -0.385 e. The van der Waals surface area contributed by atoms with E-state index in [0.717, 1.165) is 62.3 Å². The van der Waals surface area contributed by atoms with E-state index in [1.54, 1.807) is 6.08 Å². The van der Waals surface area contributed by atoms with Crippen molar-refractivity contribution in [1.29, 1.82) is 0 Å². The highest BCUT2D eigenvalue weighted by molar-refractivity contribution is 6.25. The molecule has 1 aliphatic carbocycles. The number of aromatic nitrogens is 1. The van der Waals surface area contributed by atoms with Crippen molar-refractivity contribution in [3.63, 3.8) is 0 Å². The summed E-state index contributed by atoms with van der Waals surface area (Å²) >= 11 is 0. The summed E-state index contributed by atoms with van der Waals surface area (Å²) in [7, 11) is 1.97. The summed E-state index contributed by atoms with van der Waals surface area (Å²) in [5.74, 6) is 1.13. The van der Waals surface area contributed by atoms with Crippen LogP contribution in [0.4, 0.5) is 17.2 Å². The first-order chi connectivity index (χ1) is 20.1. The number of amidine groups is 1. The standard InChI is InChI=1S/C30H42N8O.C2H6/c1-5-17-34-30(39)26(20-32-4)29(38-27-16-11-23-10-9-22(6-2)28(23)37-27)36-21-35-25-14-12-24(13-15-25)33-19-8-7-18-31-3;1-2/h5,11-16,20,22,31,33,35H,1,4,6-10,17-19,21H2,2-3H3,(H,34,39)(H,36,37,38);1-2H3/b26-20+;. The number of pyridine rings is 1. The van der Waals surface area contributed by atoms with Gasteiger partial charge < -0.3 is 26.6 Å². The number of hydrogen-bond acceptors (Lipinski definition) is 7. The molecule has 0 fully saturated rings. The third kappa shape index (κ3) is 10.8. The number of aliphatic imine (C=N–C) groups is 2. The van der Waals surface area contributed by atoms with Gasteiger partial charge in [-0.1, -0.05) is 32.9 Å². The van der Waals surface area contributed by atoms with Crippen LogP contribution in [0.3, 0.4) is 0 Å². The van der Waals surface area contributed by atoms with Crippen molar-refractivity contribution >= 4 is 35.7 Å². The van der Waals surface area contributed by atoms with Gasteiger partial charge in [-0.3, -0.25) is 9.79 Å². The van der Waals surface area contributed by atoms with Crippen LogP contribution in [0.1, 0.15) is 63.6 Å². The van der Waals surface area contributed by atoms with Crippen LogP contribution < -0.4 is 26.6 Å². The van der Waals surface area contributed by atoms with E-state index in [1.165, 1.54) is 11.8 Å². The molecule has 1 unspecified atom stereocenters. The van der Waals surface area contributed by atoms with Crippen molar-refractivity contribution in [2.24, 2.45) is 9.98 Å². The molecule has 9 heteroatoms. The molecule has 9 nitrogen and oxygen atoms in total. The Morgan fingerprint density at radius 2 is 1.78 bits per heavy atom. The fourth-order valence-electron chi connectivity index (χ4n) is 4.47. The Bertz CT molecular complexity index is 1160. The molecule has 1 heterocycles. The number of nitrogens with zero attached hydrogens (tertiary/aromatic N) is 3. The second-order valence-electron chi connectivity index (χ2n) is 9.39. The van der Waals surface area contributed by atoms with Crippen molar-refractivity contribution in [3.05, 3.63) is 72.1 Å². The summed E-state index contributed by atoms with van der Waals surface area (Å²) in [6.07, 6.45) is 8.49. The van der Waals surface area contributed by atoms with E-state index in [-0.39, 0.29) is 18.1 Å². The molecule has 0 spiro atoms. The van der Waals surface area contributed by atoms with E-state index in [4.69, 9.17) is 4.98 Å². The molecule has 3 rings (SSSR count).